The van der Waals surface area contributed by atoms with Crippen LogP contribution in [0.3, 0.4) is 0 Å². The van der Waals surface area contributed by atoms with E-state index in [2.05, 4.69) is 22.1 Å². The van der Waals surface area contributed by atoms with E-state index in [0.29, 0.717) is 16.9 Å². The summed E-state index contributed by atoms with van der Waals surface area (Å²) in [4.78, 5) is 19.8. The van der Waals surface area contributed by atoms with Crippen LogP contribution in [-0.2, 0) is 4.79 Å². The maximum Gasteiger partial charge on any atom is 0.228 e. The molecule has 2 aromatic rings. The zero-order valence-corrected chi connectivity index (χ0v) is 18.6. The van der Waals surface area contributed by atoms with E-state index in [-0.39, 0.29) is 11.8 Å². The average molecular weight is 423 g/mol. The Morgan fingerprint density at radius 1 is 1.29 bits per heavy atom. The van der Waals surface area contributed by atoms with Gasteiger partial charge in [-0.05, 0) is 67.3 Å². The summed E-state index contributed by atoms with van der Waals surface area (Å²) in [7, 11) is 1.73. The van der Waals surface area contributed by atoms with Crippen molar-refractivity contribution >= 4 is 28.2 Å². The van der Waals surface area contributed by atoms with Crippen LogP contribution in [-0.4, -0.2) is 47.5 Å². The Labute approximate surface area is 184 Å². The number of aromatic nitrogens is 1. The number of hydrogen-bond acceptors (Lipinski definition) is 6. The van der Waals surface area contributed by atoms with Gasteiger partial charge in [-0.25, -0.2) is 10.8 Å². The highest BCUT2D eigenvalue weighted by molar-refractivity contribution is 5.94. The Morgan fingerprint density at radius 3 is 2.68 bits per heavy atom. The lowest BCUT2D eigenvalue weighted by atomic mass is 9.70. The van der Waals surface area contributed by atoms with Gasteiger partial charge in [0.2, 0.25) is 5.91 Å². The molecule has 7 nitrogen and oxygen atoms in total. The SMILES string of the molecule is CN(N)/C=C(\N)c1ccc2cnc(NC(=O)C3CCN(CC4(C)CCC4)CC3)cc2c1. The summed E-state index contributed by atoms with van der Waals surface area (Å²) in [5.74, 6) is 6.36. The number of pyridine rings is 1. The molecule has 1 aromatic heterocycles. The van der Waals surface area contributed by atoms with E-state index in [0.717, 1.165) is 42.3 Å². The summed E-state index contributed by atoms with van der Waals surface area (Å²) >= 11 is 0. The van der Waals surface area contributed by atoms with Crippen LogP contribution >= 0.6 is 0 Å². The maximum absolute atomic E-state index is 12.8. The standard InChI is InChI=1S/C24H34N6O/c1-24(8-3-9-24)16-30-10-6-17(7-11-30)23(31)28-22-13-20-12-18(21(25)15-29(2)26)4-5-19(20)14-27-22/h4-5,12-15,17H,3,6-11,16,25-26H2,1-2H3,(H,27,28,31)/b21-15-. The molecule has 0 bridgehead atoms. The third-order valence-electron chi connectivity index (χ3n) is 6.77. The second-order valence-corrected chi connectivity index (χ2v) is 9.59. The molecule has 1 amide bonds. The molecule has 0 atom stereocenters. The van der Waals surface area contributed by atoms with E-state index in [1.165, 1.54) is 30.8 Å². The van der Waals surface area contributed by atoms with Crippen molar-refractivity contribution in [3.63, 3.8) is 0 Å². The van der Waals surface area contributed by atoms with E-state index < -0.39 is 0 Å². The van der Waals surface area contributed by atoms with Crippen molar-refractivity contribution < 1.29 is 4.79 Å². The summed E-state index contributed by atoms with van der Waals surface area (Å²) in [6.45, 7) is 5.57. The predicted octanol–water partition coefficient (Wildman–Crippen LogP) is 3.14. The Balaban J connectivity index is 1.38. The number of piperidine rings is 1. The van der Waals surface area contributed by atoms with Gasteiger partial charge in [0.15, 0.2) is 0 Å². The van der Waals surface area contributed by atoms with E-state index in [1.807, 2.05) is 24.3 Å². The topological polar surface area (TPSA) is 101 Å². The lowest BCUT2D eigenvalue weighted by Gasteiger charge is -2.44. The number of hydrazine groups is 1. The Bertz CT molecular complexity index is 973. The van der Waals surface area contributed by atoms with E-state index in [4.69, 9.17) is 11.6 Å². The van der Waals surface area contributed by atoms with Gasteiger partial charge in [0.25, 0.3) is 0 Å². The number of carbonyl (C=O) groups is 1. The van der Waals surface area contributed by atoms with Crippen molar-refractivity contribution in [2.24, 2.45) is 22.9 Å². The monoisotopic (exact) mass is 422 g/mol. The molecule has 166 valence electrons. The number of nitrogens with one attached hydrogen (secondary N) is 1. The molecular formula is C24H34N6O. The summed E-state index contributed by atoms with van der Waals surface area (Å²) in [5, 5.41) is 6.42. The lowest BCUT2D eigenvalue weighted by Crippen LogP contribution is -2.45. The van der Waals surface area contributed by atoms with Crippen molar-refractivity contribution in [1.29, 1.82) is 0 Å². The first kappa shape index (κ1) is 21.6. The minimum atomic E-state index is 0.0490. The Morgan fingerprint density at radius 2 is 2.03 bits per heavy atom. The fourth-order valence-corrected chi connectivity index (χ4v) is 4.74. The van der Waals surface area contributed by atoms with Crippen LogP contribution in [0, 0.1) is 11.3 Å². The highest BCUT2D eigenvalue weighted by atomic mass is 16.1. The van der Waals surface area contributed by atoms with Crippen molar-refractivity contribution in [3.8, 4) is 0 Å². The molecule has 2 heterocycles. The minimum absolute atomic E-state index is 0.0490. The third-order valence-corrected chi connectivity index (χ3v) is 6.77. The number of carbonyl (C=O) groups excluding carboxylic acids is 1. The molecule has 1 aliphatic heterocycles. The number of anilines is 1. The summed E-state index contributed by atoms with van der Waals surface area (Å²) in [6, 6.07) is 7.80. The second kappa shape index (κ2) is 8.85. The first-order chi connectivity index (χ1) is 14.8. The average Bonchev–Trinajstić information content (AvgIpc) is 2.72. The summed E-state index contributed by atoms with van der Waals surface area (Å²) < 4.78 is 0. The van der Waals surface area contributed by atoms with E-state index in [9.17, 15) is 4.79 Å². The van der Waals surface area contributed by atoms with Crippen LogP contribution in [0.1, 0.15) is 44.6 Å². The van der Waals surface area contributed by atoms with Crippen LogP contribution in [0.5, 0.6) is 0 Å². The number of nitrogens with zero attached hydrogens (tertiary/aromatic N) is 3. The predicted molar refractivity (Wildman–Crippen MR) is 126 cm³/mol. The zero-order chi connectivity index (χ0) is 22.0. The molecule has 1 saturated heterocycles. The molecule has 4 rings (SSSR count). The summed E-state index contributed by atoms with van der Waals surface area (Å²) in [5.41, 5.74) is 8.07. The summed E-state index contributed by atoms with van der Waals surface area (Å²) in [6.07, 6.45) is 9.32. The molecule has 31 heavy (non-hydrogen) atoms. The van der Waals surface area contributed by atoms with Gasteiger partial charge in [0, 0.05) is 37.3 Å². The van der Waals surface area contributed by atoms with Gasteiger partial charge >= 0.3 is 0 Å². The van der Waals surface area contributed by atoms with Crippen molar-refractivity contribution in [2.45, 2.75) is 39.0 Å². The molecule has 1 aromatic carbocycles. The third kappa shape index (κ3) is 5.17. The van der Waals surface area contributed by atoms with Crippen LogP contribution in [0.15, 0.2) is 36.7 Å². The Hall–Kier alpha value is -2.64. The highest BCUT2D eigenvalue weighted by Crippen LogP contribution is 2.41. The van der Waals surface area contributed by atoms with Gasteiger partial charge < -0.3 is 21.0 Å². The van der Waals surface area contributed by atoms with Crippen LogP contribution in [0.2, 0.25) is 0 Å². The number of hydrogen-bond donors (Lipinski definition) is 3. The molecular weight excluding hydrogens is 388 g/mol. The van der Waals surface area contributed by atoms with Gasteiger partial charge in [-0.15, -0.1) is 0 Å². The number of nitrogens with two attached hydrogens (primary N) is 2. The van der Waals surface area contributed by atoms with Crippen LogP contribution in [0.4, 0.5) is 5.82 Å². The fourth-order valence-electron chi connectivity index (χ4n) is 4.74. The van der Waals surface area contributed by atoms with Gasteiger partial charge in [-0.1, -0.05) is 25.5 Å². The highest BCUT2D eigenvalue weighted by Gasteiger charge is 2.35. The van der Waals surface area contributed by atoms with Crippen molar-refractivity contribution in [3.05, 3.63) is 42.2 Å². The molecule has 5 N–H and O–H groups in total. The smallest absolute Gasteiger partial charge is 0.228 e. The number of fused-ring (bicyclic) bond motifs is 1. The number of likely N-dealkylation sites (tertiary alicyclic amines) is 1. The first-order valence-corrected chi connectivity index (χ1v) is 11.2. The maximum atomic E-state index is 12.8. The van der Waals surface area contributed by atoms with Crippen molar-refractivity contribution in [2.75, 3.05) is 32.0 Å². The molecule has 0 radical (unpaired) electrons. The second-order valence-electron chi connectivity index (χ2n) is 9.59. The quantitative estimate of drug-likeness (QED) is 0.488. The minimum Gasteiger partial charge on any atom is -0.397 e. The number of rotatable bonds is 6. The normalized spacial score (nSPS) is 19.8. The Kier molecular flexibility index (Phi) is 6.16. The van der Waals surface area contributed by atoms with Crippen LogP contribution in [0.25, 0.3) is 16.5 Å². The number of amides is 1. The zero-order valence-electron chi connectivity index (χ0n) is 18.6. The largest absolute Gasteiger partial charge is 0.397 e. The lowest BCUT2D eigenvalue weighted by molar-refractivity contribution is -0.121. The van der Waals surface area contributed by atoms with E-state index in [1.54, 1.807) is 19.4 Å². The van der Waals surface area contributed by atoms with Gasteiger partial charge in [0.1, 0.15) is 5.82 Å². The fraction of sp³-hybridized carbons (Fsp3) is 0.500. The first-order valence-electron chi connectivity index (χ1n) is 11.2. The van der Waals surface area contributed by atoms with E-state index >= 15 is 0 Å². The van der Waals surface area contributed by atoms with Crippen LogP contribution < -0.4 is 16.9 Å². The molecule has 1 aliphatic carbocycles. The molecule has 2 aliphatic rings. The van der Waals surface area contributed by atoms with Gasteiger partial charge in [-0.2, -0.15) is 0 Å². The van der Waals surface area contributed by atoms with Gasteiger partial charge in [0.05, 0.1) is 5.70 Å². The van der Waals surface area contributed by atoms with Crippen molar-refractivity contribution in [1.82, 2.24) is 14.9 Å². The molecule has 1 saturated carbocycles. The molecule has 0 unspecified atom stereocenters. The van der Waals surface area contributed by atoms with Gasteiger partial charge in [-0.3, -0.25) is 4.79 Å². The molecule has 7 heteroatoms. The number of benzene rings is 1. The molecule has 0 spiro atoms. The molecule has 2 fully saturated rings.